The Hall–Kier alpha value is -2.64. The summed E-state index contributed by atoms with van der Waals surface area (Å²) in [6.07, 6.45) is 5.02. The Labute approximate surface area is 171 Å². The number of benzene rings is 1. The second kappa shape index (κ2) is 8.16. The number of anilines is 1. The van der Waals surface area contributed by atoms with Gasteiger partial charge in [-0.15, -0.1) is 0 Å². The van der Waals surface area contributed by atoms with Gasteiger partial charge in [0.2, 0.25) is 0 Å². The average molecular weight is 423 g/mol. The molecule has 2 aromatic heterocycles. The fourth-order valence-corrected chi connectivity index (χ4v) is 3.32. The molecule has 0 spiro atoms. The quantitative estimate of drug-likeness (QED) is 0.452. The summed E-state index contributed by atoms with van der Waals surface area (Å²) in [7, 11) is 0. The molecule has 2 N–H and O–H groups in total. The van der Waals surface area contributed by atoms with E-state index in [1.807, 2.05) is 0 Å². The van der Waals surface area contributed by atoms with E-state index in [9.17, 15) is 9.18 Å². The van der Waals surface area contributed by atoms with Gasteiger partial charge in [-0.2, -0.15) is 5.10 Å². The molecule has 0 amide bonds. The fourth-order valence-electron chi connectivity index (χ4n) is 2.64. The maximum absolute atomic E-state index is 13.8. The molecule has 0 radical (unpaired) electrons. The van der Waals surface area contributed by atoms with Crippen molar-refractivity contribution in [1.82, 2.24) is 14.8 Å². The highest BCUT2D eigenvalue weighted by atomic mass is 35.5. The Morgan fingerprint density at radius 2 is 2.00 bits per heavy atom. The van der Waals surface area contributed by atoms with Gasteiger partial charge in [-0.05, 0) is 32.0 Å². The molecule has 9 heteroatoms. The zero-order valence-electron chi connectivity index (χ0n) is 15.1. The molecule has 0 aliphatic carbocycles. The van der Waals surface area contributed by atoms with Gasteiger partial charge in [0.25, 0.3) is 0 Å². The van der Waals surface area contributed by atoms with Crippen molar-refractivity contribution in [3.05, 3.63) is 58.2 Å². The standard InChI is InChI=1S/C19H17Cl2FN4O2/c1-10(9-27)26-8-13(7-25-26)12-5-16(19(23)24-6-12)28-11(2)17-14(20)3-4-15(22)18(17)21/h3-11H,1-2H3,(H2,23,24)/t10-,11?/m1/s1. The first kappa shape index (κ1) is 20.1. The minimum Gasteiger partial charge on any atom is -0.482 e. The molecule has 1 unspecified atom stereocenters. The first-order chi connectivity index (χ1) is 13.3. The molecule has 0 saturated carbocycles. The number of pyridine rings is 1. The van der Waals surface area contributed by atoms with Crippen LogP contribution in [0.3, 0.4) is 0 Å². The van der Waals surface area contributed by atoms with Crippen LogP contribution in [0.4, 0.5) is 10.2 Å². The van der Waals surface area contributed by atoms with Crippen molar-refractivity contribution in [2.45, 2.75) is 26.0 Å². The molecule has 3 aromatic rings. The lowest BCUT2D eigenvalue weighted by atomic mass is 10.1. The van der Waals surface area contributed by atoms with Gasteiger partial charge < -0.3 is 15.3 Å². The third-order valence-electron chi connectivity index (χ3n) is 4.22. The monoisotopic (exact) mass is 422 g/mol. The summed E-state index contributed by atoms with van der Waals surface area (Å²) in [5.74, 6) is -0.140. The predicted octanol–water partition coefficient (Wildman–Crippen LogP) is 4.87. The summed E-state index contributed by atoms with van der Waals surface area (Å²) in [4.78, 5) is 15.1. The average Bonchev–Trinajstić information content (AvgIpc) is 3.16. The van der Waals surface area contributed by atoms with E-state index in [2.05, 4.69) is 10.1 Å². The Kier molecular flexibility index (Phi) is 5.86. The van der Waals surface area contributed by atoms with Crippen LogP contribution in [-0.2, 0) is 4.79 Å². The summed E-state index contributed by atoms with van der Waals surface area (Å²) < 4.78 is 21.2. The van der Waals surface area contributed by atoms with E-state index >= 15 is 0 Å². The summed E-state index contributed by atoms with van der Waals surface area (Å²) in [5, 5.41) is 4.34. The summed E-state index contributed by atoms with van der Waals surface area (Å²) >= 11 is 12.2. The molecule has 0 bridgehead atoms. The van der Waals surface area contributed by atoms with Crippen molar-refractivity contribution in [3.8, 4) is 16.9 Å². The van der Waals surface area contributed by atoms with Crippen molar-refractivity contribution < 1.29 is 13.9 Å². The highest BCUT2D eigenvalue weighted by molar-refractivity contribution is 6.36. The van der Waals surface area contributed by atoms with E-state index in [1.54, 1.807) is 38.5 Å². The second-order valence-corrected chi connectivity index (χ2v) is 7.00. The molecule has 2 heterocycles. The number of nitrogens with zero attached hydrogens (tertiary/aromatic N) is 3. The Balaban J connectivity index is 1.91. The molecule has 28 heavy (non-hydrogen) atoms. The number of halogens is 3. The molecule has 3 rings (SSSR count). The molecule has 1 aromatic carbocycles. The van der Waals surface area contributed by atoms with E-state index in [4.69, 9.17) is 33.7 Å². The lowest BCUT2D eigenvalue weighted by Crippen LogP contribution is -2.08. The zero-order chi connectivity index (χ0) is 20.4. The smallest absolute Gasteiger partial charge is 0.166 e. The van der Waals surface area contributed by atoms with Crippen molar-refractivity contribution in [3.63, 3.8) is 0 Å². The first-order valence-electron chi connectivity index (χ1n) is 8.37. The minimum atomic E-state index is -0.673. The van der Waals surface area contributed by atoms with Crippen LogP contribution in [0.1, 0.15) is 31.6 Å². The number of hydrogen-bond donors (Lipinski definition) is 1. The van der Waals surface area contributed by atoms with Gasteiger partial charge in [0.15, 0.2) is 11.6 Å². The van der Waals surface area contributed by atoms with Gasteiger partial charge in [0, 0.05) is 34.1 Å². The number of hydrogen-bond acceptors (Lipinski definition) is 5. The highest BCUT2D eigenvalue weighted by Crippen LogP contribution is 2.36. The molecule has 0 saturated heterocycles. The van der Waals surface area contributed by atoms with Gasteiger partial charge in [-0.25, -0.2) is 9.37 Å². The normalized spacial score (nSPS) is 13.2. The van der Waals surface area contributed by atoms with Crippen LogP contribution in [0.2, 0.25) is 10.0 Å². The van der Waals surface area contributed by atoms with E-state index < -0.39 is 11.9 Å². The molecule has 2 atom stereocenters. The number of aldehydes is 1. The number of nitrogen functional groups attached to an aromatic ring is 1. The SMILES string of the molecule is CC(Oc1cc(-c2cnn([C@H](C)C=O)c2)cnc1N)c1c(Cl)ccc(F)c1Cl. The lowest BCUT2D eigenvalue weighted by molar-refractivity contribution is -0.110. The Morgan fingerprint density at radius 1 is 1.25 bits per heavy atom. The third-order valence-corrected chi connectivity index (χ3v) is 4.93. The van der Waals surface area contributed by atoms with Crippen molar-refractivity contribution in [2.24, 2.45) is 0 Å². The van der Waals surface area contributed by atoms with Crippen LogP contribution in [0.25, 0.3) is 11.1 Å². The first-order valence-corrected chi connectivity index (χ1v) is 9.12. The minimum absolute atomic E-state index is 0.105. The van der Waals surface area contributed by atoms with Crippen LogP contribution in [-0.4, -0.2) is 21.1 Å². The van der Waals surface area contributed by atoms with E-state index in [0.29, 0.717) is 11.1 Å². The molecular formula is C19H17Cl2FN4O2. The second-order valence-electron chi connectivity index (χ2n) is 6.21. The van der Waals surface area contributed by atoms with Crippen LogP contribution in [0.15, 0.2) is 36.8 Å². The highest BCUT2D eigenvalue weighted by Gasteiger charge is 2.20. The van der Waals surface area contributed by atoms with Crippen LogP contribution >= 0.6 is 23.2 Å². The summed E-state index contributed by atoms with van der Waals surface area (Å²) in [6, 6.07) is 3.91. The van der Waals surface area contributed by atoms with Gasteiger partial charge in [0.1, 0.15) is 24.2 Å². The summed E-state index contributed by atoms with van der Waals surface area (Å²) in [5.41, 5.74) is 7.68. The summed E-state index contributed by atoms with van der Waals surface area (Å²) in [6.45, 7) is 3.41. The number of carbonyl (C=O) groups excluding carboxylic acids is 1. The van der Waals surface area contributed by atoms with E-state index in [0.717, 1.165) is 11.8 Å². The maximum atomic E-state index is 13.8. The van der Waals surface area contributed by atoms with Crippen molar-refractivity contribution in [2.75, 3.05) is 5.73 Å². The number of ether oxygens (including phenoxy) is 1. The zero-order valence-corrected chi connectivity index (χ0v) is 16.6. The van der Waals surface area contributed by atoms with Gasteiger partial charge >= 0.3 is 0 Å². The number of rotatable bonds is 6. The molecule has 0 aliphatic rings. The molecule has 6 nitrogen and oxygen atoms in total. The lowest BCUT2D eigenvalue weighted by Gasteiger charge is -2.19. The maximum Gasteiger partial charge on any atom is 0.166 e. The van der Waals surface area contributed by atoms with Gasteiger partial charge in [-0.3, -0.25) is 4.68 Å². The Bertz CT molecular complexity index is 1030. The van der Waals surface area contributed by atoms with Crippen molar-refractivity contribution in [1.29, 1.82) is 0 Å². The molecular weight excluding hydrogens is 406 g/mol. The Morgan fingerprint density at radius 3 is 2.71 bits per heavy atom. The van der Waals surface area contributed by atoms with E-state index in [-0.39, 0.29) is 27.7 Å². The van der Waals surface area contributed by atoms with Gasteiger partial charge in [0.05, 0.1) is 11.2 Å². The van der Waals surface area contributed by atoms with E-state index in [1.165, 1.54) is 16.8 Å². The fraction of sp³-hybridized carbons (Fsp3) is 0.211. The van der Waals surface area contributed by atoms with Crippen molar-refractivity contribution >= 4 is 35.3 Å². The van der Waals surface area contributed by atoms with Crippen LogP contribution < -0.4 is 10.5 Å². The molecule has 0 fully saturated rings. The predicted molar refractivity (Wildman–Crippen MR) is 106 cm³/mol. The topological polar surface area (TPSA) is 83.0 Å². The number of carbonyl (C=O) groups is 1. The number of aromatic nitrogens is 3. The molecule has 146 valence electrons. The van der Waals surface area contributed by atoms with Crippen LogP contribution in [0, 0.1) is 5.82 Å². The molecule has 0 aliphatic heterocycles. The third kappa shape index (κ3) is 3.95. The largest absolute Gasteiger partial charge is 0.482 e. The number of nitrogens with two attached hydrogens (primary N) is 1. The van der Waals surface area contributed by atoms with Crippen LogP contribution in [0.5, 0.6) is 5.75 Å². The van der Waals surface area contributed by atoms with Gasteiger partial charge in [-0.1, -0.05) is 23.2 Å².